The lowest BCUT2D eigenvalue weighted by molar-refractivity contribution is -0.145. The molecule has 3 rings (SSSR count). The minimum absolute atomic E-state index is 0.135. The van der Waals surface area contributed by atoms with E-state index >= 15 is 0 Å². The molecule has 1 saturated heterocycles. The van der Waals surface area contributed by atoms with E-state index in [2.05, 4.69) is 4.98 Å². The van der Waals surface area contributed by atoms with E-state index < -0.39 is 0 Å². The van der Waals surface area contributed by atoms with Gasteiger partial charge in [0, 0.05) is 43.3 Å². The Bertz CT molecular complexity index is 717. The third kappa shape index (κ3) is 3.76. The lowest BCUT2D eigenvalue weighted by Crippen LogP contribution is -2.50. The van der Waals surface area contributed by atoms with Gasteiger partial charge in [-0.05, 0) is 18.6 Å². The number of hydrogen-bond donors (Lipinski definition) is 1. The standard InChI is InChI=1S/C18H23N3O3/c1-2-24-18(23)13-20-7-9-21(10-8-20)17(22)11-14-12-19-16-6-4-3-5-15(14)16/h3-6,12,19H,2,7-11,13H2,1H3. The molecule has 1 fully saturated rings. The van der Waals surface area contributed by atoms with Gasteiger partial charge in [-0.25, -0.2) is 0 Å². The molecule has 6 nitrogen and oxygen atoms in total. The summed E-state index contributed by atoms with van der Waals surface area (Å²) in [5.74, 6) is -0.0633. The lowest BCUT2D eigenvalue weighted by atomic mass is 10.1. The number of aromatic nitrogens is 1. The summed E-state index contributed by atoms with van der Waals surface area (Å²) in [6.07, 6.45) is 2.32. The molecule has 2 heterocycles. The molecule has 24 heavy (non-hydrogen) atoms. The number of esters is 1. The summed E-state index contributed by atoms with van der Waals surface area (Å²) in [6.45, 7) is 5.23. The predicted molar refractivity (Wildman–Crippen MR) is 91.7 cm³/mol. The first-order valence-electron chi connectivity index (χ1n) is 8.38. The third-order valence-corrected chi connectivity index (χ3v) is 4.40. The second-order valence-electron chi connectivity index (χ2n) is 6.00. The Balaban J connectivity index is 1.53. The summed E-state index contributed by atoms with van der Waals surface area (Å²) in [5.41, 5.74) is 2.09. The van der Waals surface area contributed by atoms with Crippen molar-refractivity contribution in [2.24, 2.45) is 0 Å². The number of aromatic amines is 1. The number of nitrogens with zero attached hydrogens (tertiary/aromatic N) is 2. The van der Waals surface area contributed by atoms with E-state index in [1.165, 1.54) is 0 Å². The molecule has 0 spiro atoms. The van der Waals surface area contributed by atoms with E-state index in [1.807, 2.05) is 40.3 Å². The van der Waals surface area contributed by atoms with Crippen LogP contribution in [-0.2, 0) is 20.7 Å². The molecule has 0 aliphatic carbocycles. The molecule has 128 valence electrons. The zero-order valence-electron chi connectivity index (χ0n) is 14.0. The van der Waals surface area contributed by atoms with Crippen molar-refractivity contribution in [1.82, 2.24) is 14.8 Å². The van der Waals surface area contributed by atoms with Gasteiger partial charge in [-0.1, -0.05) is 18.2 Å². The van der Waals surface area contributed by atoms with Crippen molar-refractivity contribution in [3.63, 3.8) is 0 Å². The smallest absolute Gasteiger partial charge is 0.320 e. The fraction of sp³-hybridized carbons (Fsp3) is 0.444. The molecule has 1 amide bonds. The van der Waals surface area contributed by atoms with Gasteiger partial charge in [0.25, 0.3) is 0 Å². The van der Waals surface area contributed by atoms with Gasteiger partial charge in [0.1, 0.15) is 0 Å². The second kappa shape index (κ2) is 7.49. The first-order chi connectivity index (χ1) is 11.7. The number of rotatable bonds is 5. The second-order valence-corrected chi connectivity index (χ2v) is 6.00. The summed E-state index contributed by atoms with van der Waals surface area (Å²) >= 11 is 0. The van der Waals surface area contributed by atoms with Crippen molar-refractivity contribution in [3.8, 4) is 0 Å². The Morgan fingerprint density at radius 2 is 1.92 bits per heavy atom. The number of fused-ring (bicyclic) bond motifs is 1. The summed E-state index contributed by atoms with van der Waals surface area (Å²) in [5, 5.41) is 1.10. The number of amides is 1. The minimum Gasteiger partial charge on any atom is -0.465 e. The third-order valence-electron chi connectivity index (χ3n) is 4.40. The van der Waals surface area contributed by atoms with Crippen molar-refractivity contribution in [2.45, 2.75) is 13.3 Å². The van der Waals surface area contributed by atoms with Crippen LogP contribution < -0.4 is 0 Å². The number of piperazine rings is 1. The number of benzene rings is 1. The van der Waals surface area contributed by atoms with Crippen LogP contribution in [0.2, 0.25) is 0 Å². The highest BCUT2D eigenvalue weighted by atomic mass is 16.5. The van der Waals surface area contributed by atoms with Gasteiger partial charge in [0.15, 0.2) is 0 Å². The van der Waals surface area contributed by atoms with Crippen molar-refractivity contribution in [2.75, 3.05) is 39.3 Å². The van der Waals surface area contributed by atoms with Crippen LogP contribution in [0.1, 0.15) is 12.5 Å². The van der Waals surface area contributed by atoms with E-state index in [9.17, 15) is 9.59 Å². The average Bonchev–Trinajstić information content (AvgIpc) is 2.99. The van der Waals surface area contributed by atoms with Crippen LogP contribution in [0.15, 0.2) is 30.5 Å². The van der Waals surface area contributed by atoms with Gasteiger partial charge in [0.2, 0.25) is 5.91 Å². The SMILES string of the molecule is CCOC(=O)CN1CCN(C(=O)Cc2c[nH]c3ccccc23)CC1. The average molecular weight is 329 g/mol. The quantitative estimate of drug-likeness (QED) is 0.843. The van der Waals surface area contributed by atoms with Gasteiger partial charge in [-0.3, -0.25) is 14.5 Å². The number of para-hydroxylation sites is 1. The fourth-order valence-corrected chi connectivity index (χ4v) is 3.10. The Kier molecular flexibility index (Phi) is 5.15. The largest absolute Gasteiger partial charge is 0.465 e. The van der Waals surface area contributed by atoms with Crippen LogP contribution in [0.3, 0.4) is 0 Å². The topological polar surface area (TPSA) is 65.6 Å². The van der Waals surface area contributed by atoms with Crippen LogP contribution in [-0.4, -0.2) is 66.0 Å². The molecule has 0 bridgehead atoms. The molecule has 1 N–H and O–H groups in total. The normalized spacial score (nSPS) is 15.6. The van der Waals surface area contributed by atoms with Gasteiger partial charge >= 0.3 is 5.97 Å². The number of ether oxygens (including phenoxy) is 1. The van der Waals surface area contributed by atoms with Crippen molar-refractivity contribution in [3.05, 3.63) is 36.0 Å². The molecule has 0 saturated carbocycles. The zero-order chi connectivity index (χ0) is 16.9. The number of carbonyl (C=O) groups is 2. The van der Waals surface area contributed by atoms with Crippen LogP contribution in [0.5, 0.6) is 0 Å². The van der Waals surface area contributed by atoms with Crippen LogP contribution in [0, 0.1) is 0 Å². The first kappa shape index (κ1) is 16.5. The monoisotopic (exact) mass is 329 g/mol. The molecule has 1 aromatic carbocycles. The van der Waals surface area contributed by atoms with Crippen LogP contribution in [0.4, 0.5) is 0 Å². The Labute approximate surface area is 141 Å². The van der Waals surface area contributed by atoms with Gasteiger partial charge in [-0.2, -0.15) is 0 Å². The fourth-order valence-electron chi connectivity index (χ4n) is 3.10. The highest BCUT2D eigenvalue weighted by Crippen LogP contribution is 2.19. The maximum absolute atomic E-state index is 12.5. The van der Waals surface area contributed by atoms with Gasteiger partial charge < -0.3 is 14.6 Å². The maximum Gasteiger partial charge on any atom is 0.320 e. The van der Waals surface area contributed by atoms with Gasteiger partial charge in [0.05, 0.1) is 19.6 Å². The number of hydrogen-bond acceptors (Lipinski definition) is 4. The molecular formula is C18H23N3O3. The van der Waals surface area contributed by atoms with Crippen molar-refractivity contribution in [1.29, 1.82) is 0 Å². The molecule has 0 radical (unpaired) electrons. The van der Waals surface area contributed by atoms with E-state index in [0.717, 1.165) is 16.5 Å². The van der Waals surface area contributed by atoms with Crippen molar-refractivity contribution < 1.29 is 14.3 Å². The first-order valence-corrected chi connectivity index (χ1v) is 8.38. The maximum atomic E-state index is 12.5. The zero-order valence-corrected chi connectivity index (χ0v) is 14.0. The number of H-pyrrole nitrogens is 1. The highest BCUT2D eigenvalue weighted by molar-refractivity contribution is 5.88. The lowest BCUT2D eigenvalue weighted by Gasteiger charge is -2.34. The van der Waals surface area contributed by atoms with E-state index in [4.69, 9.17) is 4.74 Å². The van der Waals surface area contributed by atoms with Crippen LogP contribution >= 0.6 is 0 Å². The molecule has 1 aliphatic rings. The summed E-state index contributed by atoms with van der Waals surface area (Å²) < 4.78 is 4.97. The summed E-state index contributed by atoms with van der Waals surface area (Å²) in [4.78, 5) is 31.2. The van der Waals surface area contributed by atoms with E-state index in [-0.39, 0.29) is 11.9 Å². The van der Waals surface area contributed by atoms with Crippen molar-refractivity contribution >= 4 is 22.8 Å². The molecule has 0 unspecified atom stereocenters. The Morgan fingerprint density at radius 1 is 1.17 bits per heavy atom. The predicted octanol–water partition coefficient (Wildman–Crippen LogP) is 1.42. The van der Waals surface area contributed by atoms with E-state index in [0.29, 0.717) is 45.8 Å². The number of carbonyl (C=O) groups excluding carboxylic acids is 2. The number of nitrogens with one attached hydrogen (secondary N) is 1. The molecule has 1 aromatic heterocycles. The highest BCUT2D eigenvalue weighted by Gasteiger charge is 2.23. The van der Waals surface area contributed by atoms with E-state index in [1.54, 1.807) is 6.92 Å². The van der Waals surface area contributed by atoms with Gasteiger partial charge in [-0.15, -0.1) is 0 Å². The van der Waals surface area contributed by atoms with Crippen LogP contribution in [0.25, 0.3) is 10.9 Å². The molecule has 2 aromatic rings. The summed E-state index contributed by atoms with van der Waals surface area (Å²) in [7, 11) is 0. The molecular weight excluding hydrogens is 306 g/mol. The summed E-state index contributed by atoms with van der Waals surface area (Å²) in [6, 6.07) is 8.01. The Morgan fingerprint density at radius 3 is 2.67 bits per heavy atom. The molecule has 0 atom stereocenters. The Hall–Kier alpha value is -2.34. The molecule has 1 aliphatic heterocycles. The molecule has 6 heteroatoms. The minimum atomic E-state index is -0.198.